The molecule has 8 heteroatoms. The Morgan fingerprint density at radius 2 is 1.76 bits per heavy atom. The number of carbonyl (C=O) groups is 1. The van der Waals surface area contributed by atoms with Crippen molar-refractivity contribution in [2.24, 2.45) is 5.92 Å². The lowest BCUT2D eigenvalue weighted by Crippen LogP contribution is -2.51. The lowest BCUT2D eigenvalue weighted by molar-refractivity contribution is -0.148. The fraction of sp³-hybridized carbons (Fsp3) is 0.571. The van der Waals surface area contributed by atoms with Crippen LogP contribution >= 0.6 is 0 Å². The molecule has 0 radical (unpaired) electrons. The maximum atomic E-state index is 13.3. The standard InChI is InChI=1S/C21H26F2N4O2/c1-13-11-27(12-14(2)29-13)21(28)15-7-9-26(10-8-15)20-16-5-3-4-6-17(16)24-19(25-20)18(22)23/h3-6,13-15,18H,7-12H2,1-2H3. The average molecular weight is 404 g/mol. The summed E-state index contributed by atoms with van der Waals surface area (Å²) in [5.41, 5.74) is 0.516. The van der Waals surface area contributed by atoms with E-state index in [1.54, 1.807) is 12.1 Å². The van der Waals surface area contributed by atoms with Crippen molar-refractivity contribution in [2.45, 2.75) is 45.3 Å². The predicted molar refractivity (Wildman–Crippen MR) is 106 cm³/mol. The number of amides is 1. The van der Waals surface area contributed by atoms with Crippen LogP contribution in [0.4, 0.5) is 14.6 Å². The molecule has 156 valence electrons. The van der Waals surface area contributed by atoms with E-state index in [0.717, 1.165) is 5.39 Å². The smallest absolute Gasteiger partial charge is 0.297 e. The van der Waals surface area contributed by atoms with Crippen molar-refractivity contribution < 1.29 is 18.3 Å². The lowest BCUT2D eigenvalue weighted by Gasteiger charge is -2.39. The Labute approximate surface area is 168 Å². The van der Waals surface area contributed by atoms with Crippen molar-refractivity contribution in [2.75, 3.05) is 31.1 Å². The Morgan fingerprint density at radius 1 is 1.10 bits per heavy atom. The number of carbonyl (C=O) groups excluding carboxylic acids is 1. The van der Waals surface area contributed by atoms with Crippen molar-refractivity contribution >= 4 is 22.6 Å². The van der Waals surface area contributed by atoms with E-state index in [2.05, 4.69) is 9.97 Å². The average Bonchev–Trinajstić information content (AvgIpc) is 2.71. The highest BCUT2D eigenvalue weighted by molar-refractivity contribution is 5.89. The number of nitrogens with zero attached hydrogens (tertiary/aromatic N) is 4. The third-order valence-corrected chi connectivity index (χ3v) is 5.67. The number of anilines is 1. The van der Waals surface area contributed by atoms with E-state index in [1.165, 1.54) is 0 Å². The summed E-state index contributed by atoms with van der Waals surface area (Å²) < 4.78 is 32.3. The molecule has 2 aliphatic heterocycles. The molecule has 29 heavy (non-hydrogen) atoms. The number of aromatic nitrogens is 2. The molecule has 0 aliphatic carbocycles. The molecule has 2 aliphatic rings. The van der Waals surface area contributed by atoms with E-state index >= 15 is 0 Å². The summed E-state index contributed by atoms with van der Waals surface area (Å²) in [6.07, 6.45) is -1.27. The second-order valence-electron chi connectivity index (χ2n) is 7.99. The number of fused-ring (bicyclic) bond motifs is 1. The number of rotatable bonds is 3. The van der Waals surface area contributed by atoms with Gasteiger partial charge in [0.15, 0.2) is 5.82 Å². The molecule has 3 heterocycles. The number of hydrogen-bond donors (Lipinski definition) is 0. The summed E-state index contributed by atoms with van der Waals surface area (Å²) in [7, 11) is 0. The fourth-order valence-corrected chi connectivity index (χ4v) is 4.37. The first-order valence-electron chi connectivity index (χ1n) is 10.2. The fourth-order valence-electron chi connectivity index (χ4n) is 4.37. The molecule has 2 aromatic rings. The Bertz CT molecular complexity index is 876. The van der Waals surface area contributed by atoms with Gasteiger partial charge in [0.25, 0.3) is 6.43 Å². The van der Waals surface area contributed by atoms with Crippen LogP contribution < -0.4 is 4.90 Å². The van der Waals surface area contributed by atoms with Gasteiger partial charge in [-0.3, -0.25) is 4.79 Å². The number of morpholine rings is 1. The summed E-state index contributed by atoms with van der Waals surface area (Å²) in [5.74, 6) is 0.206. The second-order valence-corrected chi connectivity index (χ2v) is 7.99. The van der Waals surface area contributed by atoms with Gasteiger partial charge in [0, 0.05) is 37.5 Å². The van der Waals surface area contributed by atoms with Crippen molar-refractivity contribution in [1.82, 2.24) is 14.9 Å². The molecule has 1 aromatic carbocycles. The van der Waals surface area contributed by atoms with Crippen LogP contribution in [-0.2, 0) is 9.53 Å². The van der Waals surface area contributed by atoms with Crippen LogP contribution in [0.1, 0.15) is 38.9 Å². The van der Waals surface area contributed by atoms with Crippen molar-refractivity contribution in [3.8, 4) is 0 Å². The van der Waals surface area contributed by atoms with Crippen LogP contribution in [0.2, 0.25) is 0 Å². The third kappa shape index (κ3) is 4.17. The Hall–Kier alpha value is -2.35. The maximum Gasteiger partial charge on any atom is 0.297 e. The first kappa shape index (κ1) is 19.9. The maximum absolute atomic E-state index is 13.3. The van der Waals surface area contributed by atoms with E-state index in [0.29, 0.717) is 50.4 Å². The molecule has 2 fully saturated rings. The van der Waals surface area contributed by atoms with Crippen molar-refractivity contribution in [3.05, 3.63) is 30.1 Å². The summed E-state index contributed by atoms with van der Waals surface area (Å²) >= 11 is 0. The molecule has 0 saturated carbocycles. The van der Waals surface area contributed by atoms with Gasteiger partial charge in [0.05, 0.1) is 17.7 Å². The quantitative estimate of drug-likeness (QED) is 0.785. The minimum atomic E-state index is -2.72. The van der Waals surface area contributed by atoms with E-state index in [1.807, 2.05) is 35.8 Å². The van der Waals surface area contributed by atoms with Crippen LogP contribution in [0.5, 0.6) is 0 Å². The zero-order chi connectivity index (χ0) is 20.5. The third-order valence-electron chi connectivity index (χ3n) is 5.67. The highest BCUT2D eigenvalue weighted by atomic mass is 19.3. The zero-order valence-corrected chi connectivity index (χ0v) is 16.7. The van der Waals surface area contributed by atoms with Crippen LogP contribution in [0, 0.1) is 5.92 Å². The monoisotopic (exact) mass is 404 g/mol. The molecule has 2 unspecified atom stereocenters. The Kier molecular flexibility index (Phi) is 5.63. The zero-order valence-electron chi connectivity index (χ0n) is 16.7. The van der Waals surface area contributed by atoms with E-state index in [4.69, 9.17) is 4.74 Å². The molecular formula is C21H26F2N4O2. The van der Waals surface area contributed by atoms with Crippen LogP contribution in [-0.4, -0.2) is 59.2 Å². The molecule has 1 amide bonds. The van der Waals surface area contributed by atoms with Gasteiger partial charge < -0.3 is 14.5 Å². The SMILES string of the molecule is CC1CN(C(=O)C2CCN(c3nc(C(F)F)nc4ccccc34)CC2)CC(C)O1. The van der Waals surface area contributed by atoms with E-state index in [-0.39, 0.29) is 24.0 Å². The molecule has 1 aromatic heterocycles. The number of alkyl halides is 2. The van der Waals surface area contributed by atoms with Crippen LogP contribution in [0.25, 0.3) is 10.9 Å². The van der Waals surface area contributed by atoms with E-state index < -0.39 is 12.2 Å². The number of hydrogen-bond acceptors (Lipinski definition) is 5. The summed E-state index contributed by atoms with van der Waals surface area (Å²) in [6, 6.07) is 7.22. The predicted octanol–water partition coefficient (Wildman–Crippen LogP) is 3.42. The van der Waals surface area contributed by atoms with Gasteiger partial charge >= 0.3 is 0 Å². The van der Waals surface area contributed by atoms with Crippen molar-refractivity contribution in [1.29, 1.82) is 0 Å². The van der Waals surface area contributed by atoms with Crippen LogP contribution in [0.15, 0.2) is 24.3 Å². The highest BCUT2D eigenvalue weighted by Crippen LogP contribution is 2.31. The number of benzene rings is 1. The largest absolute Gasteiger partial charge is 0.372 e. The Balaban J connectivity index is 1.49. The summed E-state index contributed by atoms with van der Waals surface area (Å²) in [6.45, 7) is 6.43. The van der Waals surface area contributed by atoms with Gasteiger partial charge in [-0.05, 0) is 38.8 Å². The molecule has 0 spiro atoms. The van der Waals surface area contributed by atoms with Gasteiger partial charge in [-0.2, -0.15) is 0 Å². The minimum absolute atomic E-state index is 0.0444. The van der Waals surface area contributed by atoms with Gasteiger partial charge in [0.2, 0.25) is 5.91 Å². The highest BCUT2D eigenvalue weighted by Gasteiger charge is 2.33. The Morgan fingerprint density at radius 3 is 2.41 bits per heavy atom. The molecule has 4 rings (SSSR count). The number of piperidine rings is 1. The first-order valence-corrected chi connectivity index (χ1v) is 10.2. The molecule has 0 bridgehead atoms. The minimum Gasteiger partial charge on any atom is -0.372 e. The van der Waals surface area contributed by atoms with Gasteiger partial charge in [-0.25, -0.2) is 18.7 Å². The number of halogens is 2. The van der Waals surface area contributed by atoms with Gasteiger partial charge in [-0.15, -0.1) is 0 Å². The molecule has 0 N–H and O–H groups in total. The molecule has 6 nitrogen and oxygen atoms in total. The number of ether oxygens (including phenoxy) is 1. The molecule has 2 saturated heterocycles. The van der Waals surface area contributed by atoms with Gasteiger partial charge in [0.1, 0.15) is 5.82 Å². The second kappa shape index (κ2) is 8.18. The topological polar surface area (TPSA) is 58.6 Å². The summed E-state index contributed by atoms with van der Waals surface area (Å²) in [4.78, 5) is 25.0. The van der Waals surface area contributed by atoms with Gasteiger partial charge in [-0.1, -0.05) is 12.1 Å². The first-order chi connectivity index (χ1) is 13.9. The summed E-state index contributed by atoms with van der Waals surface area (Å²) in [5, 5.41) is 0.762. The molecular weight excluding hydrogens is 378 g/mol. The lowest BCUT2D eigenvalue weighted by atomic mass is 9.94. The number of para-hydroxylation sites is 1. The van der Waals surface area contributed by atoms with Crippen LogP contribution in [0.3, 0.4) is 0 Å². The van der Waals surface area contributed by atoms with E-state index in [9.17, 15) is 13.6 Å². The normalized spacial score (nSPS) is 23.8. The van der Waals surface area contributed by atoms with Crippen molar-refractivity contribution in [3.63, 3.8) is 0 Å². The molecule has 2 atom stereocenters.